The van der Waals surface area contributed by atoms with Gasteiger partial charge < -0.3 is 5.73 Å². The number of hydrogen-bond acceptors (Lipinski definition) is 2. The van der Waals surface area contributed by atoms with Gasteiger partial charge >= 0.3 is 0 Å². The van der Waals surface area contributed by atoms with Crippen molar-refractivity contribution >= 4 is 5.82 Å². The summed E-state index contributed by atoms with van der Waals surface area (Å²) in [5.41, 5.74) is 11.9. The first-order chi connectivity index (χ1) is 10.1. The van der Waals surface area contributed by atoms with Crippen LogP contribution in [0.4, 0.5) is 5.82 Å². The van der Waals surface area contributed by atoms with E-state index in [1.165, 1.54) is 16.7 Å². The predicted octanol–water partition coefficient (Wildman–Crippen LogP) is 3.80. The topological polar surface area (TPSA) is 43.8 Å². The molecular weight excluding hydrogens is 258 g/mol. The van der Waals surface area contributed by atoms with E-state index in [1.54, 1.807) is 0 Å². The highest BCUT2D eigenvalue weighted by Gasteiger charge is 2.10. The first-order valence-corrected chi connectivity index (χ1v) is 7.09. The lowest BCUT2D eigenvalue weighted by molar-refractivity contribution is 0.696. The highest BCUT2D eigenvalue weighted by Crippen LogP contribution is 2.24. The Balaban J connectivity index is 1.96. The van der Waals surface area contributed by atoms with Gasteiger partial charge in [-0.2, -0.15) is 5.10 Å². The van der Waals surface area contributed by atoms with Crippen molar-refractivity contribution in [1.29, 1.82) is 0 Å². The third kappa shape index (κ3) is 2.68. The van der Waals surface area contributed by atoms with E-state index < -0.39 is 0 Å². The van der Waals surface area contributed by atoms with Crippen molar-refractivity contribution in [3.63, 3.8) is 0 Å². The van der Waals surface area contributed by atoms with Crippen molar-refractivity contribution < 1.29 is 0 Å². The maximum atomic E-state index is 6.13. The minimum Gasteiger partial charge on any atom is -0.384 e. The van der Waals surface area contributed by atoms with E-state index in [1.807, 2.05) is 35.0 Å². The van der Waals surface area contributed by atoms with E-state index >= 15 is 0 Å². The average Bonchev–Trinajstić information content (AvgIpc) is 2.83. The number of anilines is 1. The van der Waals surface area contributed by atoms with Gasteiger partial charge in [-0.1, -0.05) is 48.5 Å². The highest BCUT2D eigenvalue weighted by molar-refractivity contribution is 5.65. The fraction of sp³-hybridized carbons (Fsp3) is 0.167. The van der Waals surface area contributed by atoms with Crippen LogP contribution in [0.5, 0.6) is 0 Å². The van der Waals surface area contributed by atoms with E-state index in [-0.39, 0.29) is 0 Å². The summed E-state index contributed by atoms with van der Waals surface area (Å²) >= 11 is 0. The molecule has 2 N–H and O–H groups in total. The number of aromatic nitrogens is 2. The second kappa shape index (κ2) is 5.44. The molecule has 3 heteroatoms. The van der Waals surface area contributed by atoms with Gasteiger partial charge in [0.2, 0.25) is 0 Å². The minimum absolute atomic E-state index is 0.691. The van der Waals surface area contributed by atoms with Crippen LogP contribution in [0.15, 0.2) is 54.6 Å². The zero-order valence-electron chi connectivity index (χ0n) is 12.4. The number of nitrogens with two attached hydrogens (primary N) is 1. The number of aryl methyl sites for hydroxylation is 2. The summed E-state index contributed by atoms with van der Waals surface area (Å²) in [4.78, 5) is 0. The molecule has 0 unspecified atom stereocenters. The molecule has 3 nitrogen and oxygen atoms in total. The van der Waals surface area contributed by atoms with Crippen LogP contribution in [0.3, 0.4) is 0 Å². The Kier molecular flexibility index (Phi) is 3.48. The summed E-state index contributed by atoms with van der Waals surface area (Å²) < 4.78 is 1.87. The number of nitrogens with zero attached hydrogens (tertiary/aromatic N) is 2. The van der Waals surface area contributed by atoms with Crippen LogP contribution in [0, 0.1) is 13.8 Å². The van der Waals surface area contributed by atoms with E-state index in [9.17, 15) is 0 Å². The Hall–Kier alpha value is -2.55. The lowest BCUT2D eigenvalue weighted by atomic mass is 10.1. The monoisotopic (exact) mass is 277 g/mol. The number of nitrogen functional groups attached to an aromatic ring is 1. The van der Waals surface area contributed by atoms with Crippen molar-refractivity contribution in [3.8, 4) is 11.3 Å². The zero-order chi connectivity index (χ0) is 14.8. The van der Waals surface area contributed by atoms with Crippen molar-refractivity contribution in [2.75, 3.05) is 5.73 Å². The molecule has 0 bridgehead atoms. The van der Waals surface area contributed by atoms with Gasteiger partial charge in [-0.05, 0) is 30.5 Å². The maximum absolute atomic E-state index is 6.13. The van der Waals surface area contributed by atoms with Gasteiger partial charge in [-0.3, -0.25) is 0 Å². The van der Waals surface area contributed by atoms with Crippen LogP contribution < -0.4 is 5.73 Å². The molecule has 3 rings (SSSR count). The van der Waals surface area contributed by atoms with Crippen LogP contribution in [0.2, 0.25) is 0 Å². The van der Waals surface area contributed by atoms with E-state index in [2.05, 4.69) is 43.2 Å². The normalized spacial score (nSPS) is 10.8. The van der Waals surface area contributed by atoms with Crippen LogP contribution >= 0.6 is 0 Å². The van der Waals surface area contributed by atoms with Crippen LogP contribution in [-0.4, -0.2) is 9.78 Å². The van der Waals surface area contributed by atoms with E-state index in [4.69, 9.17) is 5.73 Å². The van der Waals surface area contributed by atoms with Gasteiger partial charge in [0.15, 0.2) is 0 Å². The first-order valence-electron chi connectivity index (χ1n) is 7.09. The third-order valence-electron chi connectivity index (χ3n) is 3.81. The SMILES string of the molecule is Cc1ccccc1Cn1nc(-c2ccccc2C)cc1N. The van der Waals surface area contributed by atoms with Gasteiger partial charge in [0, 0.05) is 11.6 Å². The number of rotatable bonds is 3. The van der Waals surface area contributed by atoms with Crippen molar-refractivity contribution in [2.45, 2.75) is 20.4 Å². The Morgan fingerprint density at radius 1 is 0.952 bits per heavy atom. The molecule has 0 aliphatic carbocycles. The molecule has 0 radical (unpaired) electrons. The maximum Gasteiger partial charge on any atom is 0.122 e. The van der Waals surface area contributed by atoms with Crippen LogP contribution in [0.25, 0.3) is 11.3 Å². The van der Waals surface area contributed by atoms with Gasteiger partial charge in [0.05, 0.1) is 12.2 Å². The molecule has 3 aromatic rings. The third-order valence-corrected chi connectivity index (χ3v) is 3.81. The van der Waals surface area contributed by atoms with Crippen molar-refractivity contribution in [1.82, 2.24) is 9.78 Å². The van der Waals surface area contributed by atoms with Crippen molar-refractivity contribution in [3.05, 3.63) is 71.3 Å². The van der Waals surface area contributed by atoms with Crippen LogP contribution in [-0.2, 0) is 6.54 Å². The first kappa shape index (κ1) is 13.4. The molecule has 1 aromatic heterocycles. The summed E-state index contributed by atoms with van der Waals surface area (Å²) in [6.07, 6.45) is 0. The Morgan fingerprint density at radius 2 is 1.62 bits per heavy atom. The molecule has 1 heterocycles. The summed E-state index contributed by atoms with van der Waals surface area (Å²) in [7, 11) is 0. The predicted molar refractivity (Wildman–Crippen MR) is 87.1 cm³/mol. The Bertz CT molecular complexity index is 772. The molecule has 0 saturated heterocycles. The smallest absolute Gasteiger partial charge is 0.122 e. The molecule has 2 aromatic carbocycles. The molecule has 21 heavy (non-hydrogen) atoms. The second-order valence-electron chi connectivity index (χ2n) is 5.35. The molecule has 0 aliphatic heterocycles. The van der Waals surface area contributed by atoms with E-state index in [0.717, 1.165) is 11.3 Å². The summed E-state index contributed by atoms with van der Waals surface area (Å²) in [5, 5.41) is 4.67. The molecule has 0 fully saturated rings. The molecular formula is C18H19N3. The lowest BCUT2D eigenvalue weighted by Crippen LogP contribution is -2.06. The van der Waals surface area contributed by atoms with Gasteiger partial charge in [-0.25, -0.2) is 4.68 Å². The second-order valence-corrected chi connectivity index (χ2v) is 5.35. The molecule has 0 atom stereocenters. The standard InChI is InChI=1S/C18H19N3/c1-13-7-3-5-9-15(13)12-21-18(19)11-17(20-21)16-10-6-4-8-14(16)2/h3-11H,12,19H2,1-2H3. The average molecular weight is 277 g/mol. The number of benzene rings is 2. The minimum atomic E-state index is 0.691. The molecule has 0 saturated carbocycles. The highest BCUT2D eigenvalue weighted by atomic mass is 15.3. The summed E-state index contributed by atoms with van der Waals surface area (Å²) in [5.74, 6) is 0.691. The molecule has 0 amide bonds. The van der Waals surface area contributed by atoms with Gasteiger partial charge in [0.1, 0.15) is 5.82 Å². The van der Waals surface area contributed by atoms with E-state index in [0.29, 0.717) is 12.4 Å². The molecule has 106 valence electrons. The number of hydrogen-bond donors (Lipinski definition) is 1. The summed E-state index contributed by atoms with van der Waals surface area (Å²) in [6, 6.07) is 18.5. The molecule has 0 spiro atoms. The Labute approximate surface area is 125 Å². The lowest BCUT2D eigenvalue weighted by Gasteiger charge is -2.07. The quantitative estimate of drug-likeness (QED) is 0.791. The summed E-state index contributed by atoms with van der Waals surface area (Å²) in [6.45, 7) is 4.90. The fourth-order valence-corrected chi connectivity index (χ4v) is 2.50. The molecule has 0 aliphatic rings. The largest absolute Gasteiger partial charge is 0.384 e. The van der Waals surface area contributed by atoms with Gasteiger partial charge in [-0.15, -0.1) is 0 Å². The Morgan fingerprint density at radius 3 is 2.33 bits per heavy atom. The van der Waals surface area contributed by atoms with Crippen molar-refractivity contribution in [2.24, 2.45) is 0 Å². The van der Waals surface area contributed by atoms with Crippen LogP contribution in [0.1, 0.15) is 16.7 Å². The zero-order valence-corrected chi connectivity index (χ0v) is 12.4. The fourth-order valence-electron chi connectivity index (χ4n) is 2.50. The van der Waals surface area contributed by atoms with Gasteiger partial charge in [0.25, 0.3) is 0 Å².